The van der Waals surface area contributed by atoms with Gasteiger partial charge in [-0.05, 0) is 50.2 Å². The minimum Gasteiger partial charge on any atom is -0.491 e. The Hall–Kier alpha value is -1.79. The van der Waals surface area contributed by atoms with Crippen LogP contribution in [0.3, 0.4) is 0 Å². The van der Waals surface area contributed by atoms with Gasteiger partial charge in [-0.15, -0.1) is 24.0 Å². The van der Waals surface area contributed by atoms with E-state index in [2.05, 4.69) is 15.6 Å². The summed E-state index contributed by atoms with van der Waals surface area (Å²) in [5.74, 6) is 1.86. The van der Waals surface area contributed by atoms with Gasteiger partial charge in [0.05, 0.1) is 24.7 Å². The average molecular weight is 522 g/mol. The van der Waals surface area contributed by atoms with Crippen LogP contribution in [0.1, 0.15) is 19.6 Å². The van der Waals surface area contributed by atoms with Gasteiger partial charge in [-0.3, -0.25) is 4.99 Å². The lowest BCUT2D eigenvalue weighted by Crippen LogP contribution is -2.33. The van der Waals surface area contributed by atoms with Gasteiger partial charge in [-0.1, -0.05) is 0 Å². The monoisotopic (exact) mass is 522 g/mol. The summed E-state index contributed by atoms with van der Waals surface area (Å²) < 4.78 is 33.1. The number of hydrogen-bond donors (Lipinski definition) is 3. The Morgan fingerprint density at radius 2 is 1.96 bits per heavy atom. The highest BCUT2D eigenvalue weighted by atomic mass is 127. The molecule has 0 aliphatic rings. The number of rotatable bonds is 9. The number of nitrogens with zero attached hydrogens (tertiary/aromatic N) is 1. The first kappa shape index (κ1) is 24.2. The van der Waals surface area contributed by atoms with E-state index in [0.29, 0.717) is 18.9 Å². The Labute approximate surface area is 183 Å². The van der Waals surface area contributed by atoms with Gasteiger partial charge in [-0.25, -0.2) is 13.6 Å². The van der Waals surface area contributed by atoms with Crippen LogP contribution in [0.15, 0.2) is 52.1 Å². The standard InChI is InChI=1S/C18H26N4O4S.HI/c1-14(2)26-17-7-5-15(6-8-17)22-18(21-11-13-27(19,23)24)20-10-9-16-4-3-12-25-16;/h3-8,12,14H,9-11,13H2,1-2H3,(H2,19,23,24)(H2,20,21,22);1H. The minimum absolute atomic E-state index is 0. The maximum absolute atomic E-state index is 11.1. The zero-order chi connectivity index (χ0) is 19.7. The number of aliphatic imine (C=N–C) groups is 1. The summed E-state index contributed by atoms with van der Waals surface area (Å²) in [6.45, 7) is 4.56. The van der Waals surface area contributed by atoms with Gasteiger partial charge < -0.3 is 19.8 Å². The lowest BCUT2D eigenvalue weighted by molar-refractivity contribution is 0.242. The van der Waals surface area contributed by atoms with Crippen molar-refractivity contribution in [3.8, 4) is 5.75 Å². The summed E-state index contributed by atoms with van der Waals surface area (Å²) in [6.07, 6.45) is 2.39. The highest BCUT2D eigenvalue weighted by Gasteiger charge is 2.05. The van der Waals surface area contributed by atoms with Gasteiger partial charge in [0.2, 0.25) is 10.0 Å². The summed E-state index contributed by atoms with van der Waals surface area (Å²) in [7, 11) is -3.56. The maximum Gasteiger partial charge on any atom is 0.210 e. The molecule has 2 aromatic rings. The van der Waals surface area contributed by atoms with Crippen LogP contribution >= 0.6 is 24.0 Å². The van der Waals surface area contributed by atoms with Crippen LogP contribution in [0.4, 0.5) is 5.69 Å². The molecule has 1 heterocycles. The number of primary sulfonamides is 1. The molecule has 0 unspecified atom stereocenters. The SMILES string of the molecule is CC(C)Oc1ccc(NC(=NCCS(N)(=O)=O)NCCc2ccco2)cc1.I. The van der Waals surface area contributed by atoms with Crippen molar-refractivity contribution in [2.75, 3.05) is 24.2 Å². The van der Waals surface area contributed by atoms with E-state index in [1.807, 2.05) is 50.2 Å². The predicted octanol–water partition coefficient (Wildman–Crippen LogP) is 2.57. The molecule has 0 atom stereocenters. The lowest BCUT2D eigenvalue weighted by Gasteiger charge is -2.14. The van der Waals surface area contributed by atoms with Crippen LogP contribution in [0.25, 0.3) is 0 Å². The molecule has 0 bridgehead atoms. The molecule has 156 valence electrons. The van der Waals surface area contributed by atoms with Crippen molar-refractivity contribution >= 4 is 45.6 Å². The number of halogens is 1. The third kappa shape index (κ3) is 9.95. The minimum atomic E-state index is -3.56. The molecule has 2 rings (SSSR count). The summed E-state index contributed by atoms with van der Waals surface area (Å²) in [6, 6.07) is 11.2. The molecule has 1 aromatic carbocycles. The van der Waals surface area contributed by atoms with E-state index in [1.165, 1.54) is 0 Å². The molecule has 0 amide bonds. The van der Waals surface area contributed by atoms with Crippen LogP contribution in [0.5, 0.6) is 5.75 Å². The number of guanidine groups is 1. The Balaban J connectivity index is 0.00000392. The molecule has 0 spiro atoms. The smallest absolute Gasteiger partial charge is 0.210 e. The van der Waals surface area contributed by atoms with E-state index in [4.69, 9.17) is 14.3 Å². The fourth-order valence-corrected chi connectivity index (χ4v) is 2.55. The van der Waals surface area contributed by atoms with E-state index in [-0.39, 0.29) is 42.4 Å². The summed E-state index contributed by atoms with van der Waals surface area (Å²) in [4.78, 5) is 4.27. The zero-order valence-corrected chi connectivity index (χ0v) is 19.1. The first-order chi connectivity index (χ1) is 12.8. The van der Waals surface area contributed by atoms with Crippen LogP contribution in [0, 0.1) is 0 Å². The first-order valence-electron chi connectivity index (χ1n) is 8.67. The van der Waals surface area contributed by atoms with Crippen molar-refractivity contribution < 1.29 is 17.6 Å². The second-order valence-corrected chi connectivity index (χ2v) is 7.90. The second kappa shape index (κ2) is 11.9. The van der Waals surface area contributed by atoms with Gasteiger partial charge in [0.25, 0.3) is 0 Å². The molecule has 10 heteroatoms. The molecule has 1 aromatic heterocycles. The van der Waals surface area contributed by atoms with E-state index >= 15 is 0 Å². The van der Waals surface area contributed by atoms with Crippen LogP contribution in [-0.4, -0.2) is 39.3 Å². The van der Waals surface area contributed by atoms with E-state index in [0.717, 1.165) is 17.2 Å². The summed E-state index contributed by atoms with van der Waals surface area (Å²) >= 11 is 0. The van der Waals surface area contributed by atoms with Crippen molar-refractivity contribution in [3.05, 3.63) is 48.4 Å². The third-order valence-corrected chi connectivity index (χ3v) is 4.13. The number of nitrogens with two attached hydrogens (primary N) is 1. The van der Waals surface area contributed by atoms with Gasteiger partial charge >= 0.3 is 0 Å². The van der Waals surface area contributed by atoms with Crippen molar-refractivity contribution in [1.29, 1.82) is 0 Å². The molecule has 8 nitrogen and oxygen atoms in total. The zero-order valence-electron chi connectivity index (χ0n) is 15.9. The van der Waals surface area contributed by atoms with Crippen molar-refractivity contribution in [2.24, 2.45) is 10.1 Å². The lowest BCUT2D eigenvalue weighted by atomic mass is 10.3. The molecule has 0 aliphatic carbocycles. The largest absolute Gasteiger partial charge is 0.491 e. The van der Waals surface area contributed by atoms with Crippen molar-refractivity contribution in [1.82, 2.24) is 5.32 Å². The number of benzene rings is 1. The van der Waals surface area contributed by atoms with Crippen LogP contribution in [0.2, 0.25) is 0 Å². The number of hydrogen-bond acceptors (Lipinski definition) is 5. The summed E-state index contributed by atoms with van der Waals surface area (Å²) in [5, 5.41) is 11.3. The highest BCUT2D eigenvalue weighted by Crippen LogP contribution is 2.16. The van der Waals surface area contributed by atoms with E-state index < -0.39 is 10.0 Å². The number of anilines is 1. The van der Waals surface area contributed by atoms with E-state index in [9.17, 15) is 8.42 Å². The Morgan fingerprint density at radius 3 is 2.54 bits per heavy atom. The van der Waals surface area contributed by atoms with Crippen LogP contribution in [-0.2, 0) is 16.4 Å². The Bertz CT molecular complexity index is 822. The fourth-order valence-electron chi connectivity index (χ4n) is 2.21. The molecule has 28 heavy (non-hydrogen) atoms. The van der Waals surface area contributed by atoms with Crippen molar-refractivity contribution in [3.63, 3.8) is 0 Å². The molecular weight excluding hydrogens is 495 g/mol. The van der Waals surface area contributed by atoms with Gasteiger partial charge in [-0.2, -0.15) is 0 Å². The normalized spacial score (nSPS) is 11.8. The topological polar surface area (TPSA) is 119 Å². The quantitative estimate of drug-likeness (QED) is 0.265. The average Bonchev–Trinajstić information content (AvgIpc) is 3.08. The third-order valence-electron chi connectivity index (χ3n) is 3.38. The number of ether oxygens (including phenoxy) is 1. The van der Waals surface area contributed by atoms with Gasteiger partial charge in [0.15, 0.2) is 5.96 Å². The van der Waals surface area contributed by atoms with Gasteiger partial charge in [0, 0.05) is 18.7 Å². The molecule has 0 saturated heterocycles. The number of furan rings is 1. The Kier molecular flexibility index (Phi) is 10.3. The molecule has 0 fully saturated rings. The Morgan fingerprint density at radius 1 is 1.25 bits per heavy atom. The number of nitrogens with one attached hydrogen (secondary N) is 2. The fraction of sp³-hybridized carbons (Fsp3) is 0.389. The number of sulfonamides is 1. The maximum atomic E-state index is 11.1. The molecule has 0 aliphatic heterocycles. The molecule has 4 N–H and O–H groups in total. The first-order valence-corrected chi connectivity index (χ1v) is 10.4. The molecule has 0 radical (unpaired) electrons. The predicted molar refractivity (Wildman–Crippen MR) is 122 cm³/mol. The van der Waals surface area contributed by atoms with E-state index in [1.54, 1.807) is 6.26 Å². The van der Waals surface area contributed by atoms with Crippen LogP contribution < -0.4 is 20.5 Å². The van der Waals surface area contributed by atoms with Gasteiger partial charge in [0.1, 0.15) is 11.5 Å². The van der Waals surface area contributed by atoms with Crippen molar-refractivity contribution in [2.45, 2.75) is 26.4 Å². The summed E-state index contributed by atoms with van der Waals surface area (Å²) in [5.41, 5.74) is 0.797. The second-order valence-electron chi connectivity index (χ2n) is 6.17. The molecule has 0 saturated carbocycles. The highest BCUT2D eigenvalue weighted by molar-refractivity contribution is 14.0. The molecular formula is C18H27IN4O4S.